The number of hydrogen-bond acceptors (Lipinski definition) is 1. The standard InChI is InChI=1S/C30H32F2O/c1-20-7-8-26-16-25(14-13-24(26)15-20)22-9-11-23(12-10-22)27-17-28(31)30(29(32)18-27)33-19-21-5-3-2-4-6-21/h2-6,9-12,17-18,20,24-26H,7-8,13-16,19H2,1H3/t20?,24-,25-,26-/m1/s1. The highest BCUT2D eigenvalue weighted by Crippen LogP contribution is 2.47. The summed E-state index contributed by atoms with van der Waals surface area (Å²) in [5.74, 6) is 1.61. The van der Waals surface area contributed by atoms with E-state index in [1.807, 2.05) is 42.5 Å². The molecule has 1 unspecified atom stereocenters. The monoisotopic (exact) mass is 446 g/mol. The Labute approximate surface area is 195 Å². The van der Waals surface area contributed by atoms with Crippen LogP contribution in [0.2, 0.25) is 0 Å². The van der Waals surface area contributed by atoms with Crippen LogP contribution in [-0.2, 0) is 6.61 Å². The minimum Gasteiger partial charge on any atom is -0.483 e. The molecule has 0 aromatic heterocycles. The minimum atomic E-state index is -0.671. The molecule has 2 aliphatic rings. The van der Waals surface area contributed by atoms with E-state index in [2.05, 4.69) is 19.1 Å². The summed E-state index contributed by atoms with van der Waals surface area (Å²) in [6, 6.07) is 20.4. The molecule has 0 heterocycles. The van der Waals surface area contributed by atoms with E-state index in [0.29, 0.717) is 11.5 Å². The Kier molecular flexibility index (Phi) is 6.48. The Bertz CT molecular complexity index is 1050. The topological polar surface area (TPSA) is 9.23 Å². The second kappa shape index (κ2) is 9.67. The Morgan fingerprint density at radius 1 is 0.758 bits per heavy atom. The Balaban J connectivity index is 1.27. The first-order chi connectivity index (χ1) is 16.1. The summed E-state index contributed by atoms with van der Waals surface area (Å²) in [7, 11) is 0. The van der Waals surface area contributed by atoms with Crippen LogP contribution in [0.15, 0.2) is 66.7 Å². The maximum absolute atomic E-state index is 14.7. The molecule has 2 fully saturated rings. The molecular formula is C30H32F2O. The highest BCUT2D eigenvalue weighted by Gasteiger charge is 2.34. The van der Waals surface area contributed by atoms with Gasteiger partial charge in [0.15, 0.2) is 17.4 Å². The van der Waals surface area contributed by atoms with Gasteiger partial charge in [-0.1, -0.05) is 67.9 Å². The van der Waals surface area contributed by atoms with Crippen molar-refractivity contribution in [3.63, 3.8) is 0 Å². The number of hydrogen-bond donors (Lipinski definition) is 0. The van der Waals surface area contributed by atoms with Gasteiger partial charge in [0.2, 0.25) is 0 Å². The third-order valence-corrected chi connectivity index (χ3v) is 7.81. The van der Waals surface area contributed by atoms with Gasteiger partial charge in [0.1, 0.15) is 6.61 Å². The largest absolute Gasteiger partial charge is 0.483 e. The second-order valence-corrected chi connectivity index (χ2v) is 10.1. The number of halogens is 2. The predicted octanol–water partition coefficient (Wildman–Crippen LogP) is 8.53. The number of rotatable bonds is 5. The van der Waals surface area contributed by atoms with Gasteiger partial charge in [-0.05, 0) is 90.2 Å². The average Bonchev–Trinajstić information content (AvgIpc) is 2.84. The fraction of sp³-hybridized carbons (Fsp3) is 0.400. The van der Waals surface area contributed by atoms with Crippen molar-refractivity contribution in [3.8, 4) is 16.9 Å². The van der Waals surface area contributed by atoms with Gasteiger partial charge in [0, 0.05) is 0 Å². The van der Waals surface area contributed by atoms with Crippen molar-refractivity contribution >= 4 is 0 Å². The zero-order valence-corrected chi connectivity index (χ0v) is 19.3. The first kappa shape index (κ1) is 22.1. The van der Waals surface area contributed by atoms with Crippen molar-refractivity contribution in [2.24, 2.45) is 17.8 Å². The Morgan fingerprint density at radius 3 is 2.15 bits per heavy atom. The quantitative estimate of drug-likeness (QED) is 0.381. The van der Waals surface area contributed by atoms with Crippen LogP contribution in [0, 0.1) is 29.4 Å². The first-order valence-electron chi connectivity index (χ1n) is 12.3. The fourth-order valence-electron chi connectivity index (χ4n) is 5.97. The van der Waals surface area contributed by atoms with Gasteiger partial charge in [0.25, 0.3) is 0 Å². The van der Waals surface area contributed by atoms with Crippen LogP contribution in [-0.4, -0.2) is 0 Å². The molecule has 0 radical (unpaired) electrons. The molecule has 0 amide bonds. The third kappa shape index (κ3) is 4.98. The van der Waals surface area contributed by atoms with Crippen LogP contribution in [0.4, 0.5) is 8.78 Å². The Hall–Kier alpha value is -2.68. The van der Waals surface area contributed by atoms with Gasteiger partial charge in [-0.25, -0.2) is 8.78 Å². The number of benzene rings is 3. The van der Waals surface area contributed by atoms with Gasteiger partial charge in [0.05, 0.1) is 0 Å². The molecule has 3 heteroatoms. The average molecular weight is 447 g/mol. The lowest BCUT2D eigenvalue weighted by molar-refractivity contribution is 0.124. The van der Waals surface area contributed by atoms with E-state index in [-0.39, 0.29) is 12.4 Å². The molecule has 2 saturated carbocycles. The van der Waals surface area contributed by atoms with E-state index in [0.717, 1.165) is 28.9 Å². The Morgan fingerprint density at radius 2 is 1.42 bits per heavy atom. The maximum atomic E-state index is 14.7. The van der Waals surface area contributed by atoms with Gasteiger partial charge in [-0.3, -0.25) is 0 Å². The molecule has 1 nitrogen and oxygen atoms in total. The van der Waals surface area contributed by atoms with E-state index >= 15 is 0 Å². The molecule has 172 valence electrons. The molecule has 5 rings (SSSR count). The summed E-state index contributed by atoms with van der Waals surface area (Å²) in [5, 5.41) is 0. The van der Waals surface area contributed by atoms with Crippen LogP contribution in [0.1, 0.15) is 62.5 Å². The molecule has 0 aliphatic heterocycles. The van der Waals surface area contributed by atoms with Gasteiger partial charge < -0.3 is 4.74 Å². The van der Waals surface area contributed by atoms with Gasteiger partial charge in [-0.2, -0.15) is 0 Å². The maximum Gasteiger partial charge on any atom is 0.191 e. The molecular weight excluding hydrogens is 414 g/mol. The van der Waals surface area contributed by atoms with Crippen molar-refractivity contribution in [2.75, 3.05) is 0 Å². The molecule has 0 saturated heterocycles. The smallest absolute Gasteiger partial charge is 0.191 e. The molecule has 0 N–H and O–H groups in total. The molecule has 3 aromatic rings. The summed E-state index contributed by atoms with van der Waals surface area (Å²) < 4.78 is 34.8. The second-order valence-electron chi connectivity index (χ2n) is 10.1. The summed E-state index contributed by atoms with van der Waals surface area (Å²) in [6.07, 6.45) is 8.02. The number of fused-ring (bicyclic) bond motifs is 1. The molecule has 0 spiro atoms. The van der Waals surface area contributed by atoms with Crippen LogP contribution >= 0.6 is 0 Å². The lowest BCUT2D eigenvalue weighted by Gasteiger charge is -2.41. The van der Waals surface area contributed by atoms with Crippen LogP contribution in [0.5, 0.6) is 5.75 Å². The summed E-state index contributed by atoms with van der Waals surface area (Å²) >= 11 is 0. The van der Waals surface area contributed by atoms with Crippen LogP contribution < -0.4 is 4.74 Å². The minimum absolute atomic E-state index is 0.130. The van der Waals surface area contributed by atoms with E-state index in [9.17, 15) is 8.78 Å². The first-order valence-corrected chi connectivity index (χ1v) is 12.3. The van der Waals surface area contributed by atoms with Crippen molar-refractivity contribution in [1.29, 1.82) is 0 Å². The summed E-state index contributed by atoms with van der Waals surface area (Å²) in [6.45, 7) is 2.53. The zero-order valence-electron chi connectivity index (χ0n) is 19.3. The normalized spacial score (nSPS) is 24.8. The lowest BCUT2D eigenvalue weighted by Crippen LogP contribution is -2.29. The number of ether oxygens (including phenoxy) is 1. The molecule has 3 aromatic carbocycles. The molecule has 4 atom stereocenters. The van der Waals surface area contributed by atoms with E-state index in [4.69, 9.17) is 4.74 Å². The SMILES string of the molecule is CC1CC[C@@H]2C[C@H](c3ccc(-c4cc(F)c(OCc5ccccc5)c(F)c4)cc3)CC[C@@H]2C1. The van der Waals surface area contributed by atoms with E-state index in [1.54, 1.807) is 0 Å². The van der Waals surface area contributed by atoms with Gasteiger partial charge >= 0.3 is 0 Å². The molecule has 33 heavy (non-hydrogen) atoms. The van der Waals surface area contributed by atoms with Crippen LogP contribution in [0.25, 0.3) is 11.1 Å². The summed E-state index contributed by atoms with van der Waals surface area (Å²) in [5.41, 5.74) is 3.59. The molecule has 2 aliphatic carbocycles. The molecule has 0 bridgehead atoms. The van der Waals surface area contributed by atoms with Crippen molar-refractivity contribution < 1.29 is 13.5 Å². The summed E-state index contributed by atoms with van der Waals surface area (Å²) in [4.78, 5) is 0. The van der Waals surface area contributed by atoms with Crippen molar-refractivity contribution in [1.82, 2.24) is 0 Å². The third-order valence-electron chi connectivity index (χ3n) is 7.81. The van der Waals surface area contributed by atoms with Crippen molar-refractivity contribution in [2.45, 2.75) is 58.0 Å². The van der Waals surface area contributed by atoms with Gasteiger partial charge in [-0.15, -0.1) is 0 Å². The predicted molar refractivity (Wildman–Crippen MR) is 129 cm³/mol. The van der Waals surface area contributed by atoms with E-state index in [1.165, 1.54) is 56.2 Å². The van der Waals surface area contributed by atoms with Crippen molar-refractivity contribution in [3.05, 3.63) is 89.5 Å². The van der Waals surface area contributed by atoms with Crippen LogP contribution in [0.3, 0.4) is 0 Å². The highest BCUT2D eigenvalue weighted by atomic mass is 19.1. The fourth-order valence-corrected chi connectivity index (χ4v) is 5.97. The lowest BCUT2D eigenvalue weighted by atomic mass is 9.64. The zero-order chi connectivity index (χ0) is 22.8. The highest BCUT2D eigenvalue weighted by molar-refractivity contribution is 5.65. The van der Waals surface area contributed by atoms with E-state index < -0.39 is 11.6 Å².